The number of hydrogen-bond donors (Lipinski definition) is 4. The van der Waals surface area contributed by atoms with E-state index >= 15 is 0 Å². The Balaban J connectivity index is 1.54. The quantitative estimate of drug-likeness (QED) is 0.226. The maximum absolute atomic E-state index is 13.1. The fourth-order valence-electron chi connectivity index (χ4n) is 5.04. The molecule has 4 N–H and O–H groups in total. The third-order valence-electron chi connectivity index (χ3n) is 7.20. The van der Waals surface area contributed by atoms with E-state index in [2.05, 4.69) is 28.1 Å². The first-order valence-electron chi connectivity index (χ1n) is 13.5. The van der Waals surface area contributed by atoms with Crippen LogP contribution in [0.25, 0.3) is 0 Å². The summed E-state index contributed by atoms with van der Waals surface area (Å²) in [5.74, 6) is -0.957. The highest BCUT2D eigenvalue weighted by Gasteiger charge is 2.30. The van der Waals surface area contributed by atoms with Gasteiger partial charge in [-0.3, -0.25) is 9.59 Å². The van der Waals surface area contributed by atoms with Gasteiger partial charge in [-0.2, -0.15) is 13.2 Å². The number of alkyl halides is 3. The predicted octanol–water partition coefficient (Wildman–Crippen LogP) is 6.87. The number of rotatable bonds is 9. The minimum Gasteiger partial charge on any atom is -0.481 e. The van der Waals surface area contributed by atoms with Gasteiger partial charge in [0.1, 0.15) is 0 Å². The number of carboxylic acid groups (broad SMARTS) is 1. The molecule has 1 aliphatic rings. The lowest BCUT2D eigenvalue weighted by Gasteiger charge is -2.24. The van der Waals surface area contributed by atoms with Crippen LogP contribution in [0.4, 0.5) is 23.7 Å². The van der Waals surface area contributed by atoms with E-state index in [1.165, 1.54) is 37.0 Å². The molecule has 0 saturated heterocycles. The first-order chi connectivity index (χ1) is 19.6. The van der Waals surface area contributed by atoms with Gasteiger partial charge in [-0.1, -0.05) is 61.7 Å². The number of urea groups is 1. The number of anilines is 1. The van der Waals surface area contributed by atoms with Crippen LogP contribution in [0.2, 0.25) is 0 Å². The third kappa shape index (κ3) is 8.33. The van der Waals surface area contributed by atoms with Crippen molar-refractivity contribution in [3.05, 3.63) is 101 Å². The molecule has 1 fully saturated rings. The van der Waals surface area contributed by atoms with Gasteiger partial charge in [0.2, 0.25) is 0 Å². The van der Waals surface area contributed by atoms with Crippen LogP contribution >= 0.6 is 0 Å². The number of halogens is 3. The number of carboxylic acids is 1. The molecule has 0 aromatic heterocycles. The van der Waals surface area contributed by atoms with Crippen LogP contribution < -0.4 is 16.0 Å². The van der Waals surface area contributed by atoms with Crippen LogP contribution in [0.3, 0.4) is 0 Å². The molecule has 1 aliphatic carbocycles. The molecular formula is C31H32F3N3O4. The van der Waals surface area contributed by atoms with Gasteiger partial charge < -0.3 is 21.1 Å². The van der Waals surface area contributed by atoms with Crippen molar-refractivity contribution in [2.24, 2.45) is 0 Å². The summed E-state index contributed by atoms with van der Waals surface area (Å²) in [6.07, 6.45) is 1.17. The Morgan fingerprint density at radius 1 is 0.878 bits per heavy atom. The fraction of sp³-hybridized carbons (Fsp3) is 0.323. The maximum atomic E-state index is 13.1. The zero-order valence-corrected chi connectivity index (χ0v) is 22.3. The topological polar surface area (TPSA) is 108 Å². The molecule has 3 aromatic rings. The van der Waals surface area contributed by atoms with Gasteiger partial charge in [-0.15, -0.1) is 0 Å². The number of nitrogens with one attached hydrogen (secondary N) is 3. The van der Waals surface area contributed by atoms with Crippen LogP contribution in [0.1, 0.15) is 83.1 Å². The summed E-state index contributed by atoms with van der Waals surface area (Å²) in [5, 5.41) is 16.7. The highest BCUT2D eigenvalue weighted by atomic mass is 19.4. The predicted molar refractivity (Wildman–Crippen MR) is 149 cm³/mol. The van der Waals surface area contributed by atoms with Gasteiger partial charge in [-0.25, -0.2) is 4.79 Å². The summed E-state index contributed by atoms with van der Waals surface area (Å²) >= 11 is 0. The molecule has 3 amide bonds. The molecule has 10 heteroatoms. The van der Waals surface area contributed by atoms with Crippen LogP contribution in [-0.4, -0.2) is 29.6 Å². The number of amides is 3. The van der Waals surface area contributed by atoms with E-state index in [1.54, 1.807) is 24.3 Å². The molecule has 216 valence electrons. The van der Waals surface area contributed by atoms with E-state index in [4.69, 9.17) is 5.11 Å². The van der Waals surface area contributed by atoms with Gasteiger partial charge >= 0.3 is 18.2 Å². The maximum Gasteiger partial charge on any atom is 0.416 e. The second-order valence-electron chi connectivity index (χ2n) is 10.1. The molecule has 1 unspecified atom stereocenters. The van der Waals surface area contributed by atoms with Gasteiger partial charge in [0.25, 0.3) is 5.91 Å². The van der Waals surface area contributed by atoms with Crippen molar-refractivity contribution in [3.63, 3.8) is 0 Å². The summed E-state index contributed by atoms with van der Waals surface area (Å²) in [6, 6.07) is 17.5. The molecule has 0 heterocycles. The normalized spacial score (nSPS) is 14.6. The molecule has 1 saturated carbocycles. The summed E-state index contributed by atoms with van der Waals surface area (Å²) in [4.78, 5) is 36.1. The average molecular weight is 568 g/mol. The molecule has 3 aromatic carbocycles. The summed E-state index contributed by atoms with van der Waals surface area (Å²) in [7, 11) is 0. The molecule has 0 radical (unpaired) electrons. The molecule has 1 atom stereocenters. The Morgan fingerprint density at radius 3 is 2.12 bits per heavy atom. The second-order valence-corrected chi connectivity index (χ2v) is 10.1. The zero-order valence-electron chi connectivity index (χ0n) is 22.3. The van der Waals surface area contributed by atoms with Gasteiger partial charge in [-0.05, 0) is 65.8 Å². The Hall–Kier alpha value is -4.34. The van der Waals surface area contributed by atoms with Crippen molar-refractivity contribution in [2.75, 3.05) is 11.9 Å². The lowest BCUT2D eigenvalue weighted by molar-refractivity contribution is -0.138. The highest BCUT2D eigenvalue weighted by molar-refractivity contribution is 5.94. The second kappa shape index (κ2) is 13.3. The number of benzene rings is 3. The number of hydrogen-bond acceptors (Lipinski definition) is 3. The van der Waals surface area contributed by atoms with Crippen LogP contribution in [0, 0.1) is 0 Å². The average Bonchev–Trinajstić information content (AvgIpc) is 2.96. The largest absolute Gasteiger partial charge is 0.481 e. The highest BCUT2D eigenvalue weighted by Crippen LogP contribution is 2.34. The minimum absolute atomic E-state index is 0.00268. The Labute approximate surface area is 236 Å². The van der Waals surface area contributed by atoms with Gasteiger partial charge in [0, 0.05) is 17.8 Å². The monoisotopic (exact) mass is 567 g/mol. The SMILES string of the molecule is O=C(O)CCNC(=O)c1ccc(C(NC(=O)Nc2cccc(C(F)(F)F)c2)c2ccc(C3CCCCC3)cc2)cc1. The van der Waals surface area contributed by atoms with E-state index in [9.17, 15) is 27.6 Å². The number of carbonyl (C=O) groups excluding carboxylic acids is 2. The van der Waals surface area contributed by atoms with Crippen LogP contribution in [0.15, 0.2) is 72.8 Å². The van der Waals surface area contributed by atoms with Crippen molar-refractivity contribution in [3.8, 4) is 0 Å². The van der Waals surface area contributed by atoms with Crippen molar-refractivity contribution in [1.82, 2.24) is 10.6 Å². The Bertz CT molecular complexity index is 1350. The summed E-state index contributed by atoms with van der Waals surface area (Å²) in [5.41, 5.74) is 2.09. The van der Waals surface area contributed by atoms with E-state index < -0.39 is 35.7 Å². The van der Waals surface area contributed by atoms with Crippen molar-refractivity contribution in [1.29, 1.82) is 0 Å². The first kappa shape index (κ1) is 29.6. The van der Waals surface area contributed by atoms with Crippen LogP contribution in [-0.2, 0) is 11.0 Å². The smallest absolute Gasteiger partial charge is 0.416 e. The minimum atomic E-state index is -4.54. The van der Waals surface area contributed by atoms with Crippen LogP contribution in [0.5, 0.6) is 0 Å². The molecule has 0 aliphatic heterocycles. The van der Waals surface area contributed by atoms with E-state index in [0.717, 1.165) is 30.5 Å². The first-order valence-corrected chi connectivity index (χ1v) is 13.5. The molecular weight excluding hydrogens is 535 g/mol. The molecule has 7 nitrogen and oxygen atoms in total. The van der Waals surface area contributed by atoms with Crippen molar-refractivity contribution in [2.45, 2.75) is 56.7 Å². The van der Waals surface area contributed by atoms with Gasteiger partial charge in [0.15, 0.2) is 0 Å². The summed E-state index contributed by atoms with van der Waals surface area (Å²) < 4.78 is 39.4. The van der Waals surface area contributed by atoms with E-state index in [0.29, 0.717) is 17.0 Å². The number of aliphatic carboxylic acids is 1. The van der Waals surface area contributed by atoms with Crippen molar-refractivity contribution < 1.29 is 32.7 Å². The fourth-order valence-corrected chi connectivity index (χ4v) is 5.04. The summed E-state index contributed by atoms with van der Waals surface area (Å²) in [6.45, 7) is -0.0108. The lowest BCUT2D eigenvalue weighted by atomic mass is 9.83. The molecule has 0 spiro atoms. The molecule has 4 rings (SSSR count). The molecule has 41 heavy (non-hydrogen) atoms. The Kier molecular flexibility index (Phi) is 9.65. The van der Waals surface area contributed by atoms with E-state index in [-0.39, 0.29) is 18.7 Å². The third-order valence-corrected chi connectivity index (χ3v) is 7.20. The van der Waals surface area contributed by atoms with E-state index in [1.807, 2.05) is 12.1 Å². The lowest BCUT2D eigenvalue weighted by Crippen LogP contribution is -2.33. The van der Waals surface area contributed by atoms with Gasteiger partial charge in [0.05, 0.1) is 18.0 Å². The zero-order chi connectivity index (χ0) is 29.4. The Morgan fingerprint density at radius 2 is 1.51 bits per heavy atom. The molecule has 0 bridgehead atoms. The standard InChI is InChI=1S/C31H32F3N3O4/c32-31(33,34)25-7-4-8-26(19-25)36-30(41)37-28(22-11-9-21(10-12-22)20-5-2-1-3-6-20)23-13-15-24(16-14-23)29(40)35-18-17-27(38)39/h4,7-16,19-20,28H,1-3,5-6,17-18H2,(H,35,40)(H,38,39)(H2,36,37,41). The van der Waals surface area contributed by atoms with Crippen molar-refractivity contribution >= 4 is 23.6 Å². The number of carbonyl (C=O) groups is 3.